The van der Waals surface area contributed by atoms with Crippen molar-refractivity contribution in [1.29, 1.82) is 0 Å². The summed E-state index contributed by atoms with van der Waals surface area (Å²) in [5, 5.41) is 22.6. The van der Waals surface area contributed by atoms with Crippen LogP contribution in [0.2, 0.25) is 0 Å². The van der Waals surface area contributed by atoms with Crippen molar-refractivity contribution >= 4 is 5.97 Å². The molecule has 0 aliphatic heterocycles. The smallest absolute Gasteiger partial charge is 0.335 e. The second kappa shape index (κ2) is 11.0. The lowest BCUT2D eigenvalue weighted by Crippen LogP contribution is -2.32. The number of rotatable bonds is 11. The molecule has 0 fully saturated rings. The van der Waals surface area contributed by atoms with Gasteiger partial charge < -0.3 is 4.74 Å². The molecule has 1 aromatic rings. The predicted molar refractivity (Wildman–Crippen MR) is 96.3 cm³/mol. The highest BCUT2D eigenvalue weighted by Crippen LogP contribution is 2.23. The molecule has 8 heteroatoms. The Balaban J connectivity index is 2.95. The van der Waals surface area contributed by atoms with Crippen molar-refractivity contribution in [3.8, 4) is 5.75 Å². The fraction of sp³-hybridized carbons (Fsp3) is 0.500. The first-order valence-electron chi connectivity index (χ1n) is 8.58. The SMILES string of the molecule is C/C=C/C(=O)Oc1ccccc1CC(CC(CCCC)[N+](=O)[O-])[N+](=O)[O-]. The van der Waals surface area contributed by atoms with E-state index in [9.17, 15) is 25.0 Å². The van der Waals surface area contributed by atoms with Crippen LogP contribution in [0.4, 0.5) is 0 Å². The molecule has 142 valence electrons. The van der Waals surface area contributed by atoms with Crippen molar-refractivity contribution in [2.45, 2.75) is 58.0 Å². The van der Waals surface area contributed by atoms with Crippen LogP contribution in [-0.2, 0) is 11.2 Å². The van der Waals surface area contributed by atoms with Crippen LogP contribution in [0, 0.1) is 20.2 Å². The van der Waals surface area contributed by atoms with Crippen LogP contribution in [-0.4, -0.2) is 27.9 Å². The molecule has 0 spiro atoms. The van der Waals surface area contributed by atoms with Gasteiger partial charge in [-0.2, -0.15) is 0 Å². The van der Waals surface area contributed by atoms with Gasteiger partial charge in [0.1, 0.15) is 5.75 Å². The number of para-hydroxylation sites is 1. The van der Waals surface area contributed by atoms with Crippen molar-refractivity contribution in [2.75, 3.05) is 0 Å². The van der Waals surface area contributed by atoms with Crippen LogP contribution in [0.15, 0.2) is 36.4 Å². The van der Waals surface area contributed by atoms with Gasteiger partial charge in [0.15, 0.2) is 0 Å². The maximum Gasteiger partial charge on any atom is 0.335 e. The number of carbonyl (C=O) groups excluding carboxylic acids is 1. The zero-order valence-corrected chi connectivity index (χ0v) is 15.0. The first-order chi connectivity index (χ1) is 12.4. The highest BCUT2D eigenvalue weighted by molar-refractivity contribution is 5.84. The number of hydrogen-bond acceptors (Lipinski definition) is 6. The number of carbonyl (C=O) groups is 1. The predicted octanol–water partition coefficient (Wildman–Crippen LogP) is 3.58. The topological polar surface area (TPSA) is 113 Å². The lowest BCUT2D eigenvalue weighted by Gasteiger charge is -2.15. The van der Waals surface area contributed by atoms with E-state index in [0.29, 0.717) is 18.4 Å². The summed E-state index contributed by atoms with van der Waals surface area (Å²) in [6.07, 6.45) is 4.33. The highest BCUT2D eigenvalue weighted by atomic mass is 16.6. The Bertz CT molecular complexity index is 659. The van der Waals surface area contributed by atoms with E-state index in [0.717, 1.165) is 6.42 Å². The minimum atomic E-state index is -1.12. The number of nitrogens with zero attached hydrogens (tertiary/aromatic N) is 2. The van der Waals surface area contributed by atoms with Crippen molar-refractivity contribution in [3.63, 3.8) is 0 Å². The van der Waals surface area contributed by atoms with Gasteiger partial charge in [-0.25, -0.2) is 4.79 Å². The molecule has 0 N–H and O–H groups in total. The molecule has 0 aliphatic carbocycles. The number of unbranched alkanes of at least 4 members (excludes halogenated alkanes) is 1. The van der Waals surface area contributed by atoms with E-state index in [4.69, 9.17) is 4.74 Å². The van der Waals surface area contributed by atoms with Crippen LogP contribution in [0.25, 0.3) is 0 Å². The van der Waals surface area contributed by atoms with E-state index in [2.05, 4.69) is 0 Å². The second-order valence-electron chi connectivity index (χ2n) is 5.99. The summed E-state index contributed by atoms with van der Waals surface area (Å²) in [6.45, 7) is 3.58. The monoisotopic (exact) mass is 364 g/mol. The lowest BCUT2D eigenvalue weighted by molar-refractivity contribution is -0.560. The fourth-order valence-electron chi connectivity index (χ4n) is 2.61. The van der Waals surface area contributed by atoms with Crippen LogP contribution < -0.4 is 4.74 Å². The van der Waals surface area contributed by atoms with Crippen molar-refractivity contribution in [2.24, 2.45) is 0 Å². The van der Waals surface area contributed by atoms with Gasteiger partial charge in [-0.3, -0.25) is 20.2 Å². The molecule has 2 atom stereocenters. The van der Waals surface area contributed by atoms with Crippen LogP contribution in [0.5, 0.6) is 5.75 Å². The minimum Gasteiger partial charge on any atom is -0.423 e. The normalized spacial score (nSPS) is 13.3. The van der Waals surface area contributed by atoms with Gasteiger partial charge in [-0.1, -0.05) is 37.6 Å². The van der Waals surface area contributed by atoms with E-state index in [1.165, 1.54) is 12.2 Å². The summed E-state index contributed by atoms with van der Waals surface area (Å²) in [5.41, 5.74) is 0.477. The molecule has 26 heavy (non-hydrogen) atoms. The van der Waals surface area contributed by atoms with E-state index in [-0.39, 0.29) is 18.6 Å². The van der Waals surface area contributed by atoms with Gasteiger partial charge in [0, 0.05) is 34.3 Å². The number of hydrogen-bond donors (Lipinski definition) is 0. The average Bonchev–Trinajstić information content (AvgIpc) is 2.58. The number of benzene rings is 1. The highest BCUT2D eigenvalue weighted by Gasteiger charge is 2.32. The van der Waals surface area contributed by atoms with Gasteiger partial charge in [0.25, 0.3) is 0 Å². The first kappa shape index (κ1) is 21.3. The zero-order chi connectivity index (χ0) is 19.5. The molecule has 0 bridgehead atoms. The molecule has 0 aliphatic rings. The van der Waals surface area contributed by atoms with Gasteiger partial charge in [-0.15, -0.1) is 0 Å². The third-order valence-corrected chi connectivity index (χ3v) is 3.97. The Labute approximate surface area is 152 Å². The molecule has 0 saturated carbocycles. The minimum absolute atomic E-state index is 0.0389. The Morgan fingerprint density at radius 3 is 2.42 bits per heavy atom. The molecule has 0 aromatic heterocycles. The van der Waals surface area contributed by atoms with Crippen LogP contribution in [0.3, 0.4) is 0 Å². The Morgan fingerprint density at radius 1 is 1.19 bits per heavy atom. The molecule has 0 amide bonds. The molecular formula is C18H24N2O6. The third kappa shape index (κ3) is 7.00. The molecule has 1 rings (SSSR count). The molecule has 0 radical (unpaired) electrons. The van der Waals surface area contributed by atoms with Gasteiger partial charge in [0.05, 0.1) is 6.42 Å². The van der Waals surface area contributed by atoms with Crippen molar-refractivity contribution in [3.05, 3.63) is 62.2 Å². The molecule has 0 heterocycles. The van der Waals surface area contributed by atoms with E-state index in [1.807, 2.05) is 6.92 Å². The van der Waals surface area contributed by atoms with Gasteiger partial charge in [-0.05, 0) is 19.4 Å². The zero-order valence-electron chi connectivity index (χ0n) is 15.0. The molecular weight excluding hydrogens is 340 g/mol. The fourth-order valence-corrected chi connectivity index (χ4v) is 2.61. The Morgan fingerprint density at radius 2 is 1.85 bits per heavy atom. The van der Waals surface area contributed by atoms with Gasteiger partial charge in [0.2, 0.25) is 12.1 Å². The molecule has 2 unspecified atom stereocenters. The number of ether oxygens (including phenoxy) is 1. The summed E-state index contributed by atoms with van der Waals surface area (Å²) in [6, 6.07) is 4.44. The standard InChI is InChI=1S/C18H24N2O6/c1-3-5-10-15(19(22)23)13-16(20(24)25)12-14-9-6-7-11-17(14)26-18(21)8-4-2/h4,6-9,11,15-16H,3,5,10,12-13H2,1-2H3/b8-4+. The summed E-state index contributed by atoms with van der Waals surface area (Å²) in [4.78, 5) is 33.3. The summed E-state index contributed by atoms with van der Waals surface area (Å²) in [5.74, 6) is -0.350. The largest absolute Gasteiger partial charge is 0.423 e. The van der Waals surface area contributed by atoms with Crippen molar-refractivity contribution in [1.82, 2.24) is 0 Å². The van der Waals surface area contributed by atoms with Crippen LogP contribution >= 0.6 is 0 Å². The maximum atomic E-state index is 11.6. The molecule has 1 aromatic carbocycles. The first-order valence-corrected chi connectivity index (χ1v) is 8.58. The maximum absolute atomic E-state index is 11.6. The number of allylic oxidation sites excluding steroid dienone is 1. The quantitative estimate of drug-likeness (QED) is 0.195. The Hall–Kier alpha value is -2.77. The van der Waals surface area contributed by atoms with E-state index >= 15 is 0 Å². The third-order valence-electron chi connectivity index (χ3n) is 3.97. The number of nitro groups is 2. The summed E-state index contributed by atoms with van der Waals surface area (Å²) < 4.78 is 5.20. The summed E-state index contributed by atoms with van der Waals surface area (Å²) >= 11 is 0. The second-order valence-corrected chi connectivity index (χ2v) is 5.99. The van der Waals surface area contributed by atoms with E-state index < -0.39 is 27.9 Å². The van der Waals surface area contributed by atoms with E-state index in [1.54, 1.807) is 31.2 Å². The number of esters is 1. The lowest BCUT2D eigenvalue weighted by atomic mass is 9.97. The van der Waals surface area contributed by atoms with Gasteiger partial charge >= 0.3 is 5.97 Å². The summed E-state index contributed by atoms with van der Waals surface area (Å²) in [7, 11) is 0. The van der Waals surface area contributed by atoms with Crippen LogP contribution in [0.1, 0.15) is 45.1 Å². The van der Waals surface area contributed by atoms with Crippen molar-refractivity contribution < 1.29 is 19.4 Å². The average molecular weight is 364 g/mol. The molecule has 8 nitrogen and oxygen atoms in total. The molecule has 0 saturated heterocycles. The Kier molecular flexibility index (Phi) is 8.97.